The molecule has 2 nitrogen and oxygen atoms in total. The molecular formula is C17H36N2. The van der Waals surface area contributed by atoms with Gasteiger partial charge in [-0.05, 0) is 49.5 Å². The molecule has 0 spiro atoms. The van der Waals surface area contributed by atoms with E-state index in [-0.39, 0.29) is 0 Å². The molecule has 1 rings (SSSR count). The van der Waals surface area contributed by atoms with Crippen molar-refractivity contribution >= 4 is 0 Å². The lowest BCUT2D eigenvalue weighted by Gasteiger charge is -2.42. The minimum absolute atomic E-state index is 0.478. The first-order valence-corrected chi connectivity index (χ1v) is 8.48. The second-order valence-corrected chi connectivity index (χ2v) is 7.02. The van der Waals surface area contributed by atoms with Crippen LogP contribution in [0.2, 0.25) is 0 Å². The van der Waals surface area contributed by atoms with Gasteiger partial charge in [-0.2, -0.15) is 0 Å². The Morgan fingerprint density at radius 1 is 1.05 bits per heavy atom. The van der Waals surface area contributed by atoms with Crippen molar-refractivity contribution in [3.8, 4) is 0 Å². The average molecular weight is 268 g/mol. The van der Waals surface area contributed by atoms with Gasteiger partial charge >= 0.3 is 0 Å². The van der Waals surface area contributed by atoms with Gasteiger partial charge < -0.3 is 10.2 Å². The van der Waals surface area contributed by atoms with Gasteiger partial charge in [-0.25, -0.2) is 0 Å². The van der Waals surface area contributed by atoms with Crippen LogP contribution in [0.1, 0.15) is 60.3 Å². The molecule has 114 valence electrons. The lowest BCUT2D eigenvalue weighted by Crippen LogP contribution is -2.48. The van der Waals surface area contributed by atoms with E-state index in [0.29, 0.717) is 5.41 Å². The van der Waals surface area contributed by atoms with E-state index in [1.54, 1.807) is 0 Å². The Balaban J connectivity index is 2.55. The third-order valence-electron chi connectivity index (χ3n) is 4.93. The van der Waals surface area contributed by atoms with Gasteiger partial charge in [0.2, 0.25) is 0 Å². The quantitative estimate of drug-likeness (QED) is 0.674. The van der Waals surface area contributed by atoms with Crippen molar-refractivity contribution in [2.75, 3.05) is 32.7 Å². The van der Waals surface area contributed by atoms with Crippen molar-refractivity contribution in [2.45, 2.75) is 60.3 Å². The van der Waals surface area contributed by atoms with Crippen LogP contribution >= 0.6 is 0 Å². The highest BCUT2D eigenvalue weighted by Crippen LogP contribution is 2.30. The molecule has 1 saturated heterocycles. The summed E-state index contributed by atoms with van der Waals surface area (Å²) in [6, 6.07) is 0. The number of nitrogens with one attached hydrogen (secondary N) is 1. The fourth-order valence-corrected chi connectivity index (χ4v) is 3.71. The Labute approximate surface area is 121 Å². The third-order valence-corrected chi connectivity index (χ3v) is 4.93. The van der Waals surface area contributed by atoms with Crippen LogP contribution in [-0.2, 0) is 0 Å². The fourth-order valence-electron chi connectivity index (χ4n) is 3.71. The van der Waals surface area contributed by atoms with E-state index in [9.17, 15) is 0 Å². The molecule has 1 fully saturated rings. The number of nitrogens with zero attached hydrogens (tertiary/aromatic N) is 1. The van der Waals surface area contributed by atoms with Gasteiger partial charge in [0.05, 0.1) is 0 Å². The van der Waals surface area contributed by atoms with Gasteiger partial charge in [-0.3, -0.25) is 0 Å². The van der Waals surface area contributed by atoms with Gasteiger partial charge in [0.1, 0.15) is 0 Å². The van der Waals surface area contributed by atoms with Gasteiger partial charge in [-0.1, -0.05) is 34.6 Å². The molecule has 0 aliphatic carbocycles. The first kappa shape index (κ1) is 17.0. The molecule has 1 aliphatic heterocycles. The number of piperidine rings is 1. The summed E-state index contributed by atoms with van der Waals surface area (Å²) in [6.07, 6.45) is 5.23. The molecule has 0 radical (unpaired) electrons. The van der Waals surface area contributed by atoms with Gasteiger partial charge in [0.25, 0.3) is 0 Å². The van der Waals surface area contributed by atoms with E-state index >= 15 is 0 Å². The van der Waals surface area contributed by atoms with Crippen molar-refractivity contribution < 1.29 is 0 Å². The molecule has 1 N–H and O–H groups in total. The van der Waals surface area contributed by atoms with Crippen LogP contribution in [0, 0.1) is 17.3 Å². The monoisotopic (exact) mass is 268 g/mol. The molecule has 0 bridgehead atoms. The first-order chi connectivity index (χ1) is 9.05. The van der Waals surface area contributed by atoms with Crippen molar-refractivity contribution in [1.82, 2.24) is 10.2 Å². The highest BCUT2D eigenvalue weighted by Gasteiger charge is 2.31. The predicted octanol–water partition coefficient (Wildman–Crippen LogP) is 3.77. The maximum absolute atomic E-state index is 3.66. The normalized spacial score (nSPS) is 25.7. The van der Waals surface area contributed by atoms with E-state index in [0.717, 1.165) is 18.4 Å². The summed E-state index contributed by atoms with van der Waals surface area (Å²) >= 11 is 0. The van der Waals surface area contributed by atoms with E-state index in [4.69, 9.17) is 0 Å². The summed E-state index contributed by atoms with van der Waals surface area (Å²) in [6.45, 7) is 18.1. The maximum Gasteiger partial charge on any atom is 0.00502 e. The molecule has 1 heterocycles. The van der Waals surface area contributed by atoms with Gasteiger partial charge in [0, 0.05) is 26.2 Å². The molecule has 0 saturated carbocycles. The number of likely N-dealkylation sites (tertiary alicyclic amines) is 1. The molecule has 0 aromatic rings. The summed E-state index contributed by atoms with van der Waals surface area (Å²) in [5.41, 5.74) is 0.478. The highest BCUT2D eigenvalue weighted by molar-refractivity contribution is 4.86. The molecule has 1 aliphatic rings. The van der Waals surface area contributed by atoms with Crippen LogP contribution in [0.25, 0.3) is 0 Å². The Bertz CT molecular complexity index is 225. The average Bonchev–Trinajstić information content (AvgIpc) is 2.36. The van der Waals surface area contributed by atoms with E-state index < -0.39 is 0 Å². The van der Waals surface area contributed by atoms with Crippen LogP contribution in [0.5, 0.6) is 0 Å². The summed E-state index contributed by atoms with van der Waals surface area (Å²) < 4.78 is 0. The number of hydrogen-bond acceptors (Lipinski definition) is 2. The van der Waals surface area contributed by atoms with Crippen molar-refractivity contribution in [1.29, 1.82) is 0 Å². The van der Waals surface area contributed by atoms with Crippen LogP contribution in [-0.4, -0.2) is 37.6 Å². The zero-order valence-corrected chi connectivity index (χ0v) is 14.0. The lowest BCUT2D eigenvalue weighted by atomic mass is 9.80. The second-order valence-electron chi connectivity index (χ2n) is 7.02. The van der Waals surface area contributed by atoms with E-state index in [2.05, 4.69) is 44.8 Å². The minimum Gasteiger partial charge on any atom is -0.316 e. The number of rotatable bonds is 8. The molecule has 0 aromatic heterocycles. The Morgan fingerprint density at radius 3 is 2.11 bits per heavy atom. The van der Waals surface area contributed by atoms with Crippen LogP contribution in [0.15, 0.2) is 0 Å². The molecular weight excluding hydrogens is 232 g/mol. The summed E-state index contributed by atoms with van der Waals surface area (Å²) in [5.74, 6) is 1.75. The van der Waals surface area contributed by atoms with E-state index in [1.165, 1.54) is 51.9 Å². The van der Waals surface area contributed by atoms with Gasteiger partial charge in [-0.15, -0.1) is 0 Å². The van der Waals surface area contributed by atoms with Crippen molar-refractivity contribution in [2.24, 2.45) is 17.3 Å². The van der Waals surface area contributed by atoms with Crippen molar-refractivity contribution in [3.05, 3.63) is 0 Å². The van der Waals surface area contributed by atoms with Crippen LogP contribution in [0.3, 0.4) is 0 Å². The topological polar surface area (TPSA) is 15.3 Å². The van der Waals surface area contributed by atoms with Crippen molar-refractivity contribution in [3.63, 3.8) is 0 Å². The Kier molecular flexibility index (Phi) is 7.38. The molecule has 0 amide bonds. The molecule has 2 heteroatoms. The lowest BCUT2D eigenvalue weighted by molar-refractivity contribution is 0.0757. The summed E-state index contributed by atoms with van der Waals surface area (Å²) in [4.78, 5) is 2.74. The largest absolute Gasteiger partial charge is 0.316 e. The summed E-state index contributed by atoms with van der Waals surface area (Å²) in [7, 11) is 0. The predicted molar refractivity (Wildman–Crippen MR) is 85.6 cm³/mol. The minimum atomic E-state index is 0.478. The Hall–Kier alpha value is -0.0800. The highest BCUT2D eigenvalue weighted by atomic mass is 15.1. The fraction of sp³-hybridized carbons (Fsp3) is 1.00. The molecule has 2 unspecified atom stereocenters. The smallest absolute Gasteiger partial charge is 0.00502 e. The van der Waals surface area contributed by atoms with Crippen LogP contribution < -0.4 is 5.32 Å². The van der Waals surface area contributed by atoms with E-state index in [1.807, 2.05) is 0 Å². The third kappa shape index (κ3) is 5.43. The molecule has 19 heavy (non-hydrogen) atoms. The first-order valence-electron chi connectivity index (χ1n) is 8.48. The second kappa shape index (κ2) is 8.26. The standard InChI is InChI=1S/C17H36N2/c1-6-9-18-13-17(7-2,8-3)14-19-11-15(4)10-16(5)12-19/h15-16,18H,6-14H2,1-5H3. The zero-order valence-electron chi connectivity index (χ0n) is 14.0. The molecule has 0 aromatic carbocycles. The SMILES string of the molecule is CCCNCC(CC)(CC)CN1CC(C)CC(C)C1. The maximum atomic E-state index is 3.66. The van der Waals surface area contributed by atoms with Crippen LogP contribution in [0.4, 0.5) is 0 Å². The van der Waals surface area contributed by atoms with Gasteiger partial charge in [0.15, 0.2) is 0 Å². The summed E-state index contributed by atoms with van der Waals surface area (Å²) in [5, 5.41) is 3.66. The number of hydrogen-bond donors (Lipinski definition) is 1. The Morgan fingerprint density at radius 2 is 1.63 bits per heavy atom. The zero-order chi connectivity index (χ0) is 14.3. The molecule has 2 atom stereocenters.